The van der Waals surface area contributed by atoms with Gasteiger partial charge < -0.3 is 15.7 Å². The van der Waals surface area contributed by atoms with E-state index in [1.54, 1.807) is 17.2 Å². The Morgan fingerprint density at radius 1 is 1.55 bits per heavy atom. The Morgan fingerprint density at radius 2 is 2.36 bits per heavy atom. The van der Waals surface area contributed by atoms with Crippen LogP contribution in [0, 0.1) is 5.82 Å². The van der Waals surface area contributed by atoms with E-state index >= 15 is 0 Å². The van der Waals surface area contributed by atoms with Crippen LogP contribution in [0.5, 0.6) is 5.75 Å². The molecule has 3 N–H and O–H groups in total. The van der Waals surface area contributed by atoms with Crippen molar-refractivity contribution in [1.82, 2.24) is 9.88 Å². The van der Waals surface area contributed by atoms with Crippen LogP contribution in [0.1, 0.15) is 28.6 Å². The molecule has 2 aromatic rings. The third kappa shape index (κ3) is 2.95. The fourth-order valence-electron chi connectivity index (χ4n) is 2.64. The van der Waals surface area contributed by atoms with Crippen molar-refractivity contribution in [3.05, 3.63) is 45.7 Å². The quantitative estimate of drug-likeness (QED) is 0.906. The van der Waals surface area contributed by atoms with Crippen molar-refractivity contribution in [2.24, 2.45) is 5.73 Å². The summed E-state index contributed by atoms with van der Waals surface area (Å²) in [6, 6.07) is 2.20. The number of rotatable bonds is 3. The lowest BCUT2D eigenvalue weighted by Gasteiger charge is -2.30. The molecule has 1 amide bonds. The molecule has 22 heavy (non-hydrogen) atoms. The molecular formula is C15H16FN3O2S. The zero-order chi connectivity index (χ0) is 15.7. The normalized spacial score (nSPS) is 15.5. The molecule has 0 fully saturated rings. The van der Waals surface area contributed by atoms with Crippen LogP contribution in [0.4, 0.5) is 4.39 Å². The van der Waals surface area contributed by atoms with Crippen LogP contribution in [-0.2, 0) is 17.8 Å². The predicted molar refractivity (Wildman–Crippen MR) is 80.8 cm³/mol. The van der Waals surface area contributed by atoms with Gasteiger partial charge in [-0.2, -0.15) is 0 Å². The van der Waals surface area contributed by atoms with Crippen LogP contribution in [0.15, 0.2) is 23.7 Å². The molecule has 0 bridgehead atoms. The van der Waals surface area contributed by atoms with E-state index in [1.165, 1.54) is 11.3 Å². The predicted octanol–water partition coefficient (Wildman–Crippen LogP) is 1.96. The van der Waals surface area contributed by atoms with Gasteiger partial charge in [-0.3, -0.25) is 4.79 Å². The van der Waals surface area contributed by atoms with Gasteiger partial charge in [0, 0.05) is 42.7 Å². The number of nitrogens with zero attached hydrogens (tertiary/aromatic N) is 2. The number of nitrogens with two attached hydrogens (primary N) is 1. The number of benzene rings is 1. The second kappa shape index (κ2) is 6.02. The van der Waals surface area contributed by atoms with Gasteiger partial charge in [-0.25, -0.2) is 9.37 Å². The maximum atomic E-state index is 13.9. The summed E-state index contributed by atoms with van der Waals surface area (Å²) >= 11 is 1.42. The van der Waals surface area contributed by atoms with E-state index in [1.807, 2.05) is 5.38 Å². The molecule has 5 nitrogen and oxygen atoms in total. The Kier molecular flexibility index (Phi) is 4.08. The lowest BCUT2D eigenvalue weighted by molar-refractivity contribution is -0.132. The van der Waals surface area contributed by atoms with Crippen LogP contribution >= 0.6 is 11.3 Å². The number of carbonyl (C=O) groups is 1. The molecule has 0 saturated heterocycles. The number of carbonyl (C=O) groups excluding carboxylic acids is 1. The summed E-state index contributed by atoms with van der Waals surface area (Å²) in [4.78, 5) is 18.1. The third-order valence-corrected chi connectivity index (χ3v) is 4.70. The Balaban J connectivity index is 1.70. The number of fused-ring (bicyclic) bond motifs is 1. The van der Waals surface area contributed by atoms with E-state index in [-0.39, 0.29) is 24.6 Å². The van der Waals surface area contributed by atoms with Gasteiger partial charge in [0.05, 0.1) is 6.04 Å². The highest BCUT2D eigenvalue weighted by atomic mass is 32.1. The van der Waals surface area contributed by atoms with E-state index in [4.69, 9.17) is 5.73 Å². The topological polar surface area (TPSA) is 79.5 Å². The molecule has 1 aromatic heterocycles. The number of halogens is 1. The van der Waals surface area contributed by atoms with Gasteiger partial charge in [0.2, 0.25) is 5.91 Å². The summed E-state index contributed by atoms with van der Waals surface area (Å²) in [5.74, 6) is -0.667. The van der Waals surface area contributed by atoms with Crippen LogP contribution in [-0.4, -0.2) is 27.4 Å². The molecule has 1 aromatic carbocycles. The van der Waals surface area contributed by atoms with Gasteiger partial charge in [0.25, 0.3) is 0 Å². The van der Waals surface area contributed by atoms with E-state index in [2.05, 4.69) is 4.98 Å². The minimum Gasteiger partial charge on any atom is -0.508 e. The van der Waals surface area contributed by atoms with Gasteiger partial charge in [-0.15, -0.1) is 11.3 Å². The van der Waals surface area contributed by atoms with Crippen LogP contribution < -0.4 is 5.73 Å². The molecule has 1 unspecified atom stereocenters. The summed E-state index contributed by atoms with van der Waals surface area (Å²) in [5.41, 5.74) is 7.21. The summed E-state index contributed by atoms with van der Waals surface area (Å²) in [7, 11) is 0. The average Bonchev–Trinajstić information content (AvgIpc) is 3.01. The first-order valence-electron chi connectivity index (χ1n) is 6.97. The Bertz CT molecular complexity index is 690. The largest absolute Gasteiger partial charge is 0.508 e. The van der Waals surface area contributed by atoms with Crippen LogP contribution in [0.25, 0.3) is 0 Å². The fraction of sp³-hybridized carbons (Fsp3) is 0.333. The standard InChI is InChI=1S/C15H16FN3O2S/c16-12-6-10(20)5-9-1-3-19(8-11(9)12)14(21)7-13(17)15-18-2-4-22-15/h2,4-6,13,20H,1,3,7-8,17H2. The molecule has 0 saturated carbocycles. The van der Waals surface area contributed by atoms with Crippen LogP contribution in [0.2, 0.25) is 0 Å². The number of hydrogen-bond acceptors (Lipinski definition) is 5. The van der Waals surface area contributed by atoms with Crippen LogP contribution in [0.3, 0.4) is 0 Å². The molecule has 1 atom stereocenters. The van der Waals surface area contributed by atoms with Gasteiger partial charge in [0.15, 0.2) is 0 Å². The molecule has 3 rings (SSSR count). The molecule has 0 radical (unpaired) electrons. The van der Waals surface area contributed by atoms with Crippen molar-refractivity contribution < 1.29 is 14.3 Å². The first-order chi connectivity index (χ1) is 10.5. The van der Waals surface area contributed by atoms with Gasteiger partial charge in [-0.05, 0) is 18.1 Å². The summed E-state index contributed by atoms with van der Waals surface area (Å²) < 4.78 is 13.9. The number of aromatic nitrogens is 1. The van der Waals surface area contributed by atoms with Crippen molar-refractivity contribution in [1.29, 1.82) is 0 Å². The minimum atomic E-state index is -0.475. The first kappa shape index (κ1) is 14.9. The number of phenols is 1. The SMILES string of the molecule is NC(CC(=O)N1CCc2cc(O)cc(F)c2C1)c1nccs1. The highest BCUT2D eigenvalue weighted by Crippen LogP contribution is 2.27. The average molecular weight is 321 g/mol. The zero-order valence-corrected chi connectivity index (χ0v) is 12.6. The molecule has 2 heterocycles. The van der Waals surface area contributed by atoms with E-state index in [9.17, 15) is 14.3 Å². The van der Waals surface area contributed by atoms with Gasteiger partial charge in [-0.1, -0.05) is 0 Å². The third-order valence-electron chi connectivity index (χ3n) is 3.79. The lowest BCUT2D eigenvalue weighted by Crippen LogP contribution is -2.37. The molecule has 0 aliphatic carbocycles. The summed E-state index contributed by atoms with van der Waals surface area (Å²) in [6.45, 7) is 0.712. The second-order valence-corrected chi connectivity index (χ2v) is 6.24. The highest BCUT2D eigenvalue weighted by molar-refractivity contribution is 7.09. The Labute approximate surface area is 131 Å². The van der Waals surface area contributed by atoms with E-state index < -0.39 is 11.9 Å². The maximum absolute atomic E-state index is 13.9. The Morgan fingerprint density at radius 3 is 3.09 bits per heavy atom. The lowest BCUT2D eigenvalue weighted by atomic mass is 9.98. The van der Waals surface area contributed by atoms with Crippen molar-refractivity contribution in [3.8, 4) is 5.75 Å². The maximum Gasteiger partial charge on any atom is 0.224 e. The minimum absolute atomic E-state index is 0.0816. The molecule has 1 aliphatic rings. The molecular weight excluding hydrogens is 305 g/mol. The number of amides is 1. The zero-order valence-electron chi connectivity index (χ0n) is 11.8. The van der Waals surface area contributed by atoms with Crippen molar-refractivity contribution in [3.63, 3.8) is 0 Å². The summed E-state index contributed by atoms with van der Waals surface area (Å²) in [5, 5.41) is 12.0. The van der Waals surface area contributed by atoms with Crippen molar-refractivity contribution in [2.75, 3.05) is 6.54 Å². The van der Waals surface area contributed by atoms with Crippen molar-refractivity contribution >= 4 is 17.2 Å². The van der Waals surface area contributed by atoms with E-state index in [0.717, 1.165) is 16.6 Å². The fourth-order valence-corrected chi connectivity index (χ4v) is 3.28. The molecule has 1 aliphatic heterocycles. The first-order valence-corrected chi connectivity index (χ1v) is 7.85. The summed E-state index contributed by atoms with van der Waals surface area (Å²) in [6.07, 6.45) is 2.34. The van der Waals surface area contributed by atoms with Crippen molar-refractivity contribution in [2.45, 2.75) is 25.4 Å². The number of thiazole rings is 1. The highest BCUT2D eigenvalue weighted by Gasteiger charge is 2.25. The molecule has 7 heteroatoms. The molecule has 116 valence electrons. The number of hydrogen-bond donors (Lipinski definition) is 2. The van der Waals surface area contributed by atoms with Gasteiger partial charge in [0.1, 0.15) is 16.6 Å². The Hall–Kier alpha value is -1.99. The monoisotopic (exact) mass is 321 g/mol. The second-order valence-electron chi connectivity index (χ2n) is 5.31. The van der Waals surface area contributed by atoms with Gasteiger partial charge >= 0.3 is 0 Å². The molecule has 0 spiro atoms. The van der Waals surface area contributed by atoms with E-state index in [0.29, 0.717) is 18.5 Å². The number of phenolic OH excluding ortho intramolecular Hbond substituents is 1. The smallest absolute Gasteiger partial charge is 0.224 e. The number of aromatic hydroxyl groups is 1.